The molecule has 4 rings (SSSR count). The van der Waals surface area contributed by atoms with Gasteiger partial charge in [0, 0.05) is 6.07 Å². The summed E-state index contributed by atoms with van der Waals surface area (Å²) in [6.45, 7) is 0.0431. The van der Waals surface area contributed by atoms with E-state index in [4.69, 9.17) is 9.26 Å². The lowest BCUT2D eigenvalue weighted by Crippen LogP contribution is -2.23. The minimum Gasteiger partial charge on any atom is -0.495 e. The summed E-state index contributed by atoms with van der Waals surface area (Å²) in [5.41, 5.74) is 1.99. The van der Waals surface area contributed by atoms with Gasteiger partial charge in [-0.25, -0.2) is 4.39 Å². The maximum atomic E-state index is 13.1. The van der Waals surface area contributed by atoms with Crippen LogP contribution in [0.25, 0.3) is 23.1 Å². The van der Waals surface area contributed by atoms with Gasteiger partial charge in [-0.05, 0) is 35.9 Å². The Morgan fingerprint density at radius 3 is 2.73 bits per heavy atom. The molecule has 0 aliphatic carbocycles. The fourth-order valence-electron chi connectivity index (χ4n) is 3.04. The number of benzene rings is 2. The third kappa shape index (κ3) is 3.86. The molecule has 4 aromatic rings. The Hall–Kier alpha value is -4.14. The normalized spacial score (nSPS) is 11.3. The molecular weight excluding hydrogens is 391 g/mol. The molecule has 0 saturated heterocycles. The molecular formula is C21H17FN4O4. The number of methoxy groups -OCH3 is 1. The molecule has 9 heteroatoms. The molecule has 2 aromatic heterocycles. The average Bonchev–Trinajstić information content (AvgIpc) is 3.36. The molecule has 0 aliphatic rings. The van der Waals surface area contributed by atoms with E-state index in [0.717, 1.165) is 5.56 Å². The van der Waals surface area contributed by atoms with Crippen LogP contribution in [0.1, 0.15) is 27.4 Å². The average molecular weight is 408 g/mol. The molecule has 8 nitrogen and oxygen atoms in total. The highest BCUT2D eigenvalue weighted by Crippen LogP contribution is 2.32. The third-order valence-corrected chi connectivity index (χ3v) is 4.46. The van der Waals surface area contributed by atoms with Crippen molar-refractivity contribution < 1.29 is 18.4 Å². The Morgan fingerprint density at radius 1 is 1.23 bits per heavy atom. The van der Waals surface area contributed by atoms with Crippen LogP contribution in [-0.4, -0.2) is 28.4 Å². The molecule has 0 bridgehead atoms. The second kappa shape index (κ2) is 8.08. The molecule has 30 heavy (non-hydrogen) atoms. The molecule has 0 fully saturated rings. The van der Waals surface area contributed by atoms with Crippen molar-refractivity contribution in [3.8, 4) is 5.75 Å². The zero-order valence-corrected chi connectivity index (χ0v) is 15.9. The summed E-state index contributed by atoms with van der Waals surface area (Å²) in [7, 11) is 1.47. The van der Waals surface area contributed by atoms with Gasteiger partial charge in [0.2, 0.25) is 0 Å². The summed E-state index contributed by atoms with van der Waals surface area (Å²) in [4.78, 5) is 23.8. The first-order chi connectivity index (χ1) is 14.5. The van der Waals surface area contributed by atoms with Gasteiger partial charge in [-0.2, -0.15) is 10.3 Å². The quantitative estimate of drug-likeness (QED) is 0.454. The summed E-state index contributed by atoms with van der Waals surface area (Å²) in [5, 5.41) is 12.7. The molecule has 2 heterocycles. The number of rotatable bonds is 6. The van der Waals surface area contributed by atoms with Gasteiger partial charge in [-0.3, -0.25) is 14.7 Å². The van der Waals surface area contributed by atoms with Crippen LogP contribution in [0.15, 0.2) is 51.8 Å². The van der Waals surface area contributed by atoms with Crippen molar-refractivity contribution in [1.29, 1.82) is 0 Å². The number of carbonyl (C=O) groups excluding carboxylic acids is 1. The lowest BCUT2D eigenvalue weighted by atomic mass is 10.1. The summed E-state index contributed by atoms with van der Waals surface area (Å²) in [6.07, 6.45) is 3.54. The maximum absolute atomic E-state index is 13.1. The summed E-state index contributed by atoms with van der Waals surface area (Å²) in [6, 6.07) is 10.7. The SMILES string of the molecule is COc1c(C(=O)NCc2cc(=O)[nH]o2)ccc2[nH]nc(C=Cc3ccc(F)cc3)c12. The van der Waals surface area contributed by atoms with Gasteiger partial charge in [0.25, 0.3) is 11.5 Å². The molecule has 152 valence electrons. The number of hydrogen-bond donors (Lipinski definition) is 3. The Labute approximate surface area is 169 Å². The number of halogens is 1. The second-order valence-electron chi connectivity index (χ2n) is 6.42. The molecule has 3 N–H and O–H groups in total. The number of carbonyl (C=O) groups is 1. The number of aromatic nitrogens is 3. The van der Waals surface area contributed by atoms with Gasteiger partial charge < -0.3 is 14.6 Å². The Morgan fingerprint density at radius 2 is 2.03 bits per heavy atom. The zero-order valence-electron chi connectivity index (χ0n) is 15.9. The van der Waals surface area contributed by atoms with E-state index in [0.29, 0.717) is 33.7 Å². The number of ether oxygens (including phenoxy) is 1. The number of nitrogens with one attached hydrogen (secondary N) is 3. The lowest BCUT2D eigenvalue weighted by Gasteiger charge is -2.10. The number of nitrogens with zero attached hydrogens (tertiary/aromatic N) is 1. The third-order valence-electron chi connectivity index (χ3n) is 4.46. The van der Waals surface area contributed by atoms with Gasteiger partial charge in [-0.1, -0.05) is 18.2 Å². The van der Waals surface area contributed by atoms with E-state index in [2.05, 4.69) is 20.7 Å². The molecule has 0 spiro atoms. The standard InChI is InChI=1S/C21H17FN4O4/c1-29-20-15(21(28)23-11-14-10-18(27)26-30-14)7-9-17-19(20)16(24-25-17)8-4-12-2-5-13(22)6-3-12/h2-10H,11H2,1H3,(H,23,28)(H,24,25)(H,26,27). The number of H-pyrrole nitrogens is 2. The van der Waals surface area contributed by atoms with E-state index in [1.807, 2.05) is 0 Å². The van der Waals surface area contributed by atoms with Crippen LogP contribution >= 0.6 is 0 Å². The van der Waals surface area contributed by atoms with Crippen LogP contribution in [0.4, 0.5) is 4.39 Å². The highest BCUT2D eigenvalue weighted by atomic mass is 19.1. The molecule has 1 amide bonds. The van der Waals surface area contributed by atoms with Crippen molar-refractivity contribution in [3.63, 3.8) is 0 Å². The van der Waals surface area contributed by atoms with E-state index < -0.39 is 5.91 Å². The van der Waals surface area contributed by atoms with Gasteiger partial charge >= 0.3 is 0 Å². The van der Waals surface area contributed by atoms with Crippen LogP contribution in [-0.2, 0) is 6.54 Å². The predicted molar refractivity (Wildman–Crippen MR) is 108 cm³/mol. The summed E-state index contributed by atoms with van der Waals surface area (Å²) >= 11 is 0. The van der Waals surface area contributed by atoms with Crippen LogP contribution in [0.2, 0.25) is 0 Å². The Bertz CT molecular complexity index is 1280. The van der Waals surface area contributed by atoms with Crippen LogP contribution in [0.5, 0.6) is 5.75 Å². The van der Waals surface area contributed by atoms with E-state index in [-0.39, 0.29) is 17.9 Å². The fourth-order valence-corrected chi connectivity index (χ4v) is 3.04. The van der Waals surface area contributed by atoms with Gasteiger partial charge in [0.15, 0.2) is 5.76 Å². The van der Waals surface area contributed by atoms with Gasteiger partial charge in [-0.15, -0.1) is 0 Å². The van der Waals surface area contributed by atoms with Crippen molar-refractivity contribution >= 4 is 29.0 Å². The smallest absolute Gasteiger partial charge is 0.280 e. The number of fused-ring (bicyclic) bond motifs is 1. The van der Waals surface area contributed by atoms with E-state index in [1.54, 1.807) is 36.4 Å². The summed E-state index contributed by atoms with van der Waals surface area (Å²) in [5.74, 6) is -0.0477. The fraction of sp³-hybridized carbons (Fsp3) is 0.0952. The van der Waals surface area contributed by atoms with Crippen LogP contribution in [0.3, 0.4) is 0 Å². The minimum atomic E-state index is -0.396. The number of amides is 1. The van der Waals surface area contributed by atoms with E-state index in [1.165, 1.54) is 25.3 Å². The molecule has 0 unspecified atom stereocenters. The first kappa shape index (κ1) is 19.2. The summed E-state index contributed by atoms with van der Waals surface area (Å²) < 4.78 is 23.5. The maximum Gasteiger partial charge on any atom is 0.280 e. The molecule has 0 saturated carbocycles. The van der Waals surface area contributed by atoms with Crippen molar-refractivity contribution in [2.45, 2.75) is 6.54 Å². The zero-order chi connectivity index (χ0) is 21.1. The first-order valence-electron chi connectivity index (χ1n) is 8.99. The monoisotopic (exact) mass is 408 g/mol. The Kier molecular flexibility index (Phi) is 5.17. The van der Waals surface area contributed by atoms with Crippen LogP contribution < -0.4 is 15.6 Å². The topological polar surface area (TPSA) is 113 Å². The second-order valence-corrected chi connectivity index (χ2v) is 6.42. The van der Waals surface area contributed by atoms with E-state index >= 15 is 0 Å². The first-order valence-corrected chi connectivity index (χ1v) is 8.99. The number of hydrogen-bond acceptors (Lipinski definition) is 5. The molecule has 0 aliphatic heterocycles. The van der Waals surface area contributed by atoms with Gasteiger partial charge in [0.1, 0.15) is 11.6 Å². The molecule has 0 atom stereocenters. The van der Waals surface area contributed by atoms with Crippen molar-refractivity contribution in [3.05, 3.63) is 81.2 Å². The van der Waals surface area contributed by atoms with Gasteiger partial charge in [0.05, 0.1) is 35.8 Å². The predicted octanol–water partition coefficient (Wildman–Crippen LogP) is 3.09. The van der Waals surface area contributed by atoms with Crippen LogP contribution in [0, 0.1) is 5.82 Å². The minimum absolute atomic E-state index is 0.0431. The van der Waals surface area contributed by atoms with Crippen molar-refractivity contribution in [2.75, 3.05) is 7.11 Å². The van der Waals surface area contributed by atoms with Crippen molar-refractivity contribution in [1.82, 2.24) is 20.7 Å². The van der Waals surface area contributed by atoms with E-state index in [9.17, 15) is 14.0 Å². The molecule has 0 radical (unpaired) electrons. The highest BCUT2D eigenvalue weighted by Gasteiger charge is 2.19. The van der Waals surface area contributed by atoms with Crippen molar-refractivity contribution in [2.24, 2.45) is 0 Å². The number of aromatic amines is 2. The Balaban J connectivity index is 1.64. The highest BCUT2D eigenvalue weighted by molar-refractivity contribution is 6.05. The lowest BCUT2D eigenvalue weighted by molar-refractivity contribution is 0.0944. The largest absolute Gasteiger partial charge is 0.495 e. The molecule has 2 aromatic carbocycles.